The fourth-order valence-corrected chi connectivity index (χ4v) is 4.74. The highest BCUT2D eigenvalue weighted by Gasteiger charge is 2.34. The molecule has 0 N–H and O–H groups in total. The van der Waals surface area contributed by atoms with Gasteiger partial charge in [0.15, 0.2) is 0 Å². The van der Waals surface area contributed by atoms with E-state index in [0.717, 1.165) is 27.8 Å². The summed E-state index contributed by atoms with van der Waals surface area (Å²) in [5.41, 5.74) is 3.37. The molecule has 2 aromatic carbocycles. The molecule has 142 valence electrons. The molecule has 0 spiro atoms. The van der Waals surface area contributed by atoms with Gasteiger partial charge in [-0.05, 0) is 50.9 Å². The second-order valence-corrected chi connectivity index (χ2v) is 8.40. The summed E-state index contributed by atoms with van der Waals surface area (Å²) in [7, 11) is 2.01. The monoisotopic (exact) mass is 427 g/mol. The van der Waals surface area contributed by atoms with Crippen molar-refractivity contribution in [3.05, 3.63) is 58.8 Å². The number of rotatable bonds is 5. The van der Waals surface area contributed by atoms with Crippen molar-refractivity contribution < 1.29 is 4.74 Å². The van der Waals surface area contributed by atoms with E-state index in [1.165, 1.54) is 18.4 Å². The van der Waals surface area contributed by atoms with Crippen molar-refractivity contribution in [3.63, 3.8) is 0 Å². The van der Waals surface area contributed by atoms with Crippen molar-refractivity contribution in [1.29, 1.82) is 0 Å². The van der Waals surface area contributed by atoms with Gasteiger partial charge in [-0.25, -0.2) is 4.98 Å². The summed E-state index contributed by atoms with van der Waals surface area (Å²) in [6.07, 6.45) is 4.33. The third kappa shape index (κ3) is 3.63. The summed E-state index contributed by atoms with van der Waals surface area (Å²) in [6, 6.07) is 15.7. The van der Waals surface area contributed by atoms with Crippen LogP contribution in [0.2, 0.25) is 0 Å². The second kappa shape index (κ2) is 7.64. The van der Waals surface area contributed by atoms with Gasteiger partial charge < -0.3 is 9.30 Å². The highest BCUT2D eigenvalue weighted by atomic mass is 79.9. The van der Waals surface area contributed by atoms with Gasteiger partial charge in [-0.1, -0.05) is 46.3 Å². The van der Waals surface area contributed by atoms with Gasteiger partial charge in [0.1, 0.15) is 17.4 Å². The Labute approximate surface area is 169 Å². The van der Waals surface area contributed by atoms with Gasteiger partial charge in [0, 0.05) is 23.6 Å². The molecule has 1 aliphatic heterocycles. The average molecular weight is 428 g/mol. The molecule has 1 aliphatic rings. The molecule has 4 nitrogen and oxygen atoms in total. The van der Waals surface area contributed by atoms with E-state index >= 15 is 0 Å². The van der Waals surface area contributed by atoms with E-state index in [1.54, 1.807) is 0 Å². The minimum Gasteiger partial charge on any atom is -0.487 e. The minimum absolute atomic E-state index is 0.103. The van der Waals surface area contributed by atoms with Crippen molar-refractivity contribution in [2.75, 3.05) is 6.54 Å². The van der Waals surface area contributed by atoms with Gasteiger partial charge in [0.2, 0.25) is 0 Å². The average Bonchev–Trinajstić information content (AvgIpc) is 3.29. The minimum atomic E-state index is 0.103. The number of aryl methyl sites for hydroxylation is 1. The SMILES string of the molecule is C[C@H](c1ccccc1)N1CCCC1[C@@H](C)Oc1cc(Br)cc2ncn(C)c12. The molecule has 5 heteroatoms. The third-order valence-electron chi connectivity index (χ3n) is 5.72. The number of aromatic nitrogens is 2. The standard InChI is InChI=1S/C22H26BrN3O/c1-15(17-8-5-4-6-9-17)26-11-7-10-20(26)16(2)27-21-13-18(23)12-19-22(21)25(3)14-24-19/h4-6,8-9,12-16,20H,7,10-11H2,1-3H3/t15-,16-,20?/m1/s1. The van der Waals surface area contributed by atoms with Crippen molar-refractivity contribution in [1.82, 2.24) is 14.5 Å². The highest BCUT2D eigenvalue weighted by Crippen LogP contribution is 2.34. The molecule has 0 bridgehead atoms. The first-order chi connectivity index (χ1) is 13.0. The number of fused-ring (bicyclic) bond motifs is 1. The number of nitrogens with zero attached hydrogens (tertiary/aromatic N) is 3. The topological polar surface area (TPSA) is 30.3 Å². The number of halogens is 1. The van der Waals surface area contributed by atoms with Gasteiger partial charge in [0.25, 0.3) is 0 Å². The highest BCUT2D eigenvalue weighted by molar-refractivity contribution is 9.10. The van der Waals surface area contributed by atoms with Crippen LogP contribution < -0.4 is 4.74 Å². The molecule has 1 fully saturated rings. The molecular formula is C22H26BrN3O. The number of ether oxygens (including phenoxy) is 1. The summed E-state index contributed by atoms with van der Waals surface area (Å²) in [5.74, 6) is 0.895. The van der Waals surface area contributed by atoms with E-state index in [9.17, 15) is 0 Å². The molecule has 1 unspecified atom stereocenters. The van der Waals surface area contributed by atoms with Crippen LogP contribution in [-0.4, -0.2) is 33.1 Å². The maximum absolute atomic E-state index is 6.52. The zero-order chi connectivity index (χ0) is 19.0. The first-order valence-corrected chi connectivity index (χ1v) is 10.4. The fourth-order valence-electron chi connectivity index (χ4n) is 4.31. The van der Waals surface area contributed by atoms with E-state index in [0.29, 0.717) is 12.1 Å². The molecule has 1 saturated heterocycles. The Balaban J connectivity index is 1.57. The molecule has 0 radical (unpaired) electrons. The van der Waals surface area contributed by atoms with Gasteiger partial charge in [-0.2, -0.15) is 0 Å². The van der Waals surface area contributed by atoms with Crippen LogP contribution in [-0.2, 0) is 7.05 Å². The van der Waals surface area contributed by atoms with Crippen molar-refractivity contribution in [2.24, 2.45) is 7.05 Å². The molecule has 27 heavy (non-hydrogen) atoms. The summed E-state index contributed by atoms with van der Waals surface area (Å²) in [4.78, 5) is 7.07. The lowest BCUT2D eigenvalue weighted by atomic mass is 10.0. The Morgan fingerprint density at radius 2 is 1.96 bits per heavy atom. The lowest BCUT2D eigenvalue weighted by molar-refractivity contribution is 0.0821. The molecule has 4 rings (SSSR count). The van der Waals surface area contributed by atoms with E-state index < -0.39 is 0 Å². The Morgan fingerprint density at radius 1 is 1.19 bits per heavy atom. The first kappa shape index (κ1) is 18.5. The zero-order valence-electron chi connectivity index (χ0n) is 16.1. The zero-order valence-corrected chi connectivity index (χ0v) is 17.7. The van der Waals surface area contributed by atoms with Crippen molar-refractivity contribution in [2.45, 2.75) is 44.9 Å². The van der Waals surface area contributed by atoms with Crippen LogP contribution in [0.1, 0.15) is 38.3 Å². The van der Waals surface area contributed by atoms with Gasteiger partial charge in [0.05, 0.1) is 11.8 Å². The summed E-state index contributed by atoms with van der Waals surface area (Å²) < 4.78 is 9.54. The molecule has 0 amide bonds. The Bertz CT molecular complexity index is 924. The normalized spacial score (nSPS) is 20.1. The quantitative estimate of drug-likeness (QED) is 0.551. The molecule has 2 heterocycles. The number of benzene rings is 2. The smallest absolute Gasteiger partial charge is 0.146 e. The van der Waals surface area contributed by atoms with Crippen LogP contribution in [0.3, 0.4) is 0 Å². The van der Waals surface area contributed by atoms with E-state index in [-0.39, 0.29) is 6.10 Å². The number of hydrogen-bond acceptors (Lipinski definition) is 3. The molecular weight excluding hydrogens is 402 g/mol. The van der Waals surface area contributed by atoms with Crippen LogP contribution in [0, 0.1) is 0 Å². The van der Waals surface area contributed by atoms with E-state index in [1.807, 2.05) is 24.0 Å². The molecule has 1 aromatic heterocycles. The van der Waals surface area contributed by atoms with Gasteiger partial charge in [-0.3, -0.25) is 4.90 Å². The fraction of sp³-hybridized carbons (Fsp3) is 0.409. The third-order valence-corrected chi connectivity index (χ3v) is 6.18. The van der Waals surface area contributed by atoms with Crippen LogP contribution >= 0.6 is 15.9 Å². The van der Waals surface area contributed by atoms with Crippen LogP contribution in [0.4, 0.5) is 0 Å². The number of imidazole rings is 1. The Morgan fingerprint density at radius 3 is 2.74 bits per heavy atom. The number of hydrogen-bond donors (Lipinski definition) is 0. The van der Waals surface area contributed by atoms with Crippen LogP contribution in [0.5, 0.6) is 5.75 Å². The molecule has 3 aromatic rings. The first-order valence-electron chi connectivity index (χ1n) is 9.62. The summed E-state index contributed by atoms with van der Waals surface area (Å²) in [5, 5.41) is 0. The second-order valence-electron chi connectivity index (χ2n) is 7.48. The Hall–Kier alpha value is -1.85. The lowest BCUT2D eigenvalue weighted by Crippen LogP contribution is -2.41. The van der Waals surface area contributed by atoms with Crippen LogP contribution in [0.15, 0.2) is 53.3 Å². The van der Waals surface area contributed by atoms with Gasteiger partial charge in [-0.15, -0.1) is 0 Å². The maximum atomic E-state index is 6.52. The largest absolute Gasteiger partial charge is 0.487 e. The molecule has 0 aliphatic carbocycles. The predicted molar refractivity (Wildman–Crippen MR) is 113 cm³/mol. The van der Waals surface area contributed by atoms with Crippen LogP contribution in [0.25, 0.3) is 11.0 Å². The van der Waals surface area contributed by atoms with Crippen molar-refractivity contribution >= 4 is 27.0 Å². The summed E-state index contributed by atoms with van der Waals surface area (Å²) in [6.45, 7) is 5.62. The van der Waals surface area contributed by atoms with Gasteiger partial charge >= 0.3 is 0 Å². The summed E-state index contributed by atoms with van der Waals surface area (Å²) >= 11 is 3.59. The predicted octanol–water partition coefficient (Wildman–Crippen LogP) is 5.33. The van der Waals surface area contributed by atoms with E-state index in [4.69, 9.17) is 4.74 Å². The number of likely N-dealkylation sites (tertiary alicyclic amines) is 1. The van der Waals surface area contributed by atoms with E-state index in [2.05, 4.69) is 76.1 Å². The molecule has 0 saturated carbocycles. The molecule has 3 atom stereocenters. The Kier molecular flexibility index (Phi) is 5.24. The maximum Gasteiger partial charge on any atom is 0.146 e. The van der Waals surface area contributed by atoms with Crippen molar-refractivity contribution in [3.8, 4) is 5.75 Å². The lowest BCUT2D eigenvalue weighted by Gasteiger charge is -2.34.